The van der Waals surface area contributed by atoms with Crippen LogP contribution in [0.25, 0.3) is 0 Å². The monoisotopic (exact) mass is 271 g/mol. The molecule has 100 valence electrons. The molecule has 0 aliphatic heterocycles. The molecule has 0 amide bonds. The molecule has 0 atom stereocenters. The van der Waals surface area contributed by atoms with Gasteiger partial charge < -0.3 is 10.1 Å². The highest BCUT2D eigenvalue weighted by Crippen LogP contribution is 2.04. The molecule has 0 spiro atoms. The Hall–Kier alpha value is -3.38. The normalized spacial score (nSPS) is 9.26. The Morgan fingerprint density at radius 2 is 1.63 bits per heavy atom. The fourth-order valence-electron chi connectivity index (χ4n) is 0.836. The second-order valence-corrected chi connectivity index (χ2v) is 2.79. The number of nitro groups is 3. The molecule has 2 aromatic rings. The van der Waals surface area contributed by atoms with Gasteiger partial charge in [-0.15, -0.1) is 0 Å². The summed E-state index contributed by atoms with van der Waals surface area (Å²) in [6, 6.07) is 0. The van der Waals surface area contributed by atoms with Crippen LogP contribution in [-0.2, 0) is 0 Å². The molecule has 0 N–H and O–H groups in total. The molecule has 0 aromatic carbocycles. The number of hydrogen-bond donors (Lipinski definition) is 0. The fraction of sp³-hybridized carbons (Fsp3) is 0. The summed E-state index contributed by atoms with van der Waals surface area (Å²) in [7, 11) is 0. The highest BCUT2D eigenvalue weighted by atomic mass is 16.7. The summed E-state index contributed by atoms with van der Waals surface area (Å²) in [5.74, 6) is -0.540. The second-order valence-electron chi connectivity index (χ2n) is 2.79. The lowest BCUT2D eigenvalue weighted by Gasteiger charge is -1.83. The molecule has 0 saturated carbocycles. The van der Waals surface area contributed by atoms with Gasteiger partial charge in [-0.1, -0.05) is 4.68 Å². The zero-order valence-corrected chi connectivity index (χ0v) is 8.97. The SMILES string of the molecule is O=[N+]([O-])c1cn([N+](=O)[O-])cn1.O=[N+]([O-])n1ccnc1. The van der Waals surface area contributed by atoms with Gasteiger partial charge in [0.2, 0.25) is 0 Å². The van der Waals surface area contributed by atoms with E-state index in [0.717, 1.165) is 23.5 Å². The number of nitrogens with zero attached hydrogens (tertiary/aromatic N) is 7. The summed E-state index contributed by atoms with van der Waals surface area (Å²) in [6.07, 6.45) is 5.22. The van der Waals surface area contributed by atoms with Crippen molar-refractivity contribution in [2.75, 3.05) is 0 Å². The maximum atomic E-state index is 9.94. The molecule has 0 saturated heterocycles. The van der Waals surface area contributed by atoms with Crippen LogP contribution in [0.5, 0.6) is 0 Å². The number of aromatic nitrogens is 4. The zero-order chi connectivity index (χ0) is 14.4. The lowest BCUT2D eigenvalue weighted by atomic mass is 10.8. The van der Waals surface area contributed by atoms with E-state index >= 15 is 0 Å². The summed E-state index contributed by atoms with van der Waals surface area (Å²) in [4.78, 5) is 35.5. The highest BCUT2D eigenvalue weighted by Gasteiger charge is 2.14. The van der Waals surface area contributed by atoms with Crippen molar-refractivity contribution in [1.82, 2.24) is 19.3 Å². The van der Waals surface area contributed by atoms with Gasteiger partial charge in [-0.2, -0.15) is 0 Å². The predicted molar refractivity (Wildman–Crippen MR) is 55.9 cm³/mol. The molecular formula is C6H5N7O6. The van der Waals surface area contributed by atoms with Crippen molar-refractivity contribution >= 4 is 5.82 Å². The molecule has 0 aliphatic rings. The molecule has 0 radical (unpaired) electrons. The van der Waals surface area contributed by atoms with E-state index in [4.69, 9.17) is 0 Å². The Morgan fingerprint density at radius 3 is 1.89 bits per heavy atom. The molecular weight excluding hydrogens is 266 g/mol. The molecule has 0 aliphatic carbocycles. The first-order valence-corrected chi connectivity index (χ1v) is 4.37. The van der Waals surface area contributed by atoms with E-state index in [1.807, 2.05) is 0 Å². The lowest BCUT2D eigenvalue weighted by Crippen LogP contribution is -2.04. The molecule has 0 bridgehead atoms. The summed E-state index contributed by atoms with van der Waals surface area (Å²) in [6.45, 7) is 0. The smallest absolute Gasteiger partial charge is 0.358 e. The average Bonchev–Trinajstić information content (AvgIpc) is 3.02. The quantitative estimate of drug-likeness (QED) is 0.544. The van der Waals surface area contributed by atoms with Gasteiger partial charge in [0.15, 0.2) is 22.6 Å². The summed E-state index contributed by atoms with van der Waals surface area (Å²) < 4.78 is 1.19. The van der Waals surface area contributed by atoms with Gasteiger partial charge in [0, 0.05) is 0 Å². The van der Waals surface area contributed by atoms with E-state index < -0.39 is 20.8 Å². The minimum absolute atomic E-state index is 0.415. The first-order chi connectivity index (χ1) is 8.91. The molecule has 2 rings (SSSR count). The van der Waals surface area contributed by atoms with Gasteiger partial charge in [0.25, 0.3) is 6.33 Å². The van der Waals surface area contributed by atoms with Gasteiger partial charge >= 0.3 is 5.82 Å². The Morgan fingerprint density at radius 1 is 1.00 bits per heavy atom. The van der Waals surface area contributed by atoms with E-state index in [1.165, 1.54) is 12.4 Å². The molecule has 2 aromatic heterocycles. The number of imidazole rings is 2. The van der Waals surface area contributed by atoms with Crippen LogP contribution in [0.15, 0.2) is 31.2 Å². The third kappa shape index (κ3) is 3.84. The molecule has 19 heavy (non-hydrogen) atoms. The van der Waals surface area contributed by atoms with Gasteiger partial charge in [-0.05, 0) is 14.6 Å². The van der Waals surface area contributed by atoms with Crippen molar-refractivity contribution in [1.29, 1.82) is 0 Å². The van der Waals surface area contributed by atoms with E-state index in [-0.39, 0.29) is 0 Å². The van der Waals surface area contributed by atoms with E-state index in [1.54, 1.807) is 0 Å². The van der Waals surface area contributed by atoms with E-state index in [2.05, 4.69) is 9.97 Å². The maximum Gasteiger partial charge on any atom is 0.388 e. The van der Waals surface area contributed by atoms with Crippen LogP contribution < -0.4 is 0 Å². The molecule has 13 nitrogen and oxygen atoms in total. The topological polar surface area (TPSA) is 165 Å². The Labute approximate surface area is 103 Å². The van der Waals surface area contributed by atoms with Crippen molar-refractivity contribution in [3.8, 4) is 0 Å². The fourth-order valence-corrected chi connectivity index (χ4v) is 0.836. The number of hydrogen-bond acceptors (Lipinski definition) is 8. The standard InChI is InChI=1S/C3H2N4O4.C3H3N3O2/c8-6(9)3-1-5(2-4-3)7(10)11;7-6(8)5-2-1-4-3-5/h1-2H;1-3H. The van der Waals surface area contributed by atoms with Gasteiger partial charge in [0.1, 0.15) is 0 Å². The largest absolute Gasteiger partial charge is 0.388 e. The first kappa shape index (κ1) is 13.7. The molecule has 2 heterocycles. The number of rotatable bonds is 3. The van der Waals surface area contributed by atoms with Crippen molar-refractivity contribution in [2.45, 2.75) is 0 Å². The third-order valence-corrected chi connectivity index (χ3v) is 1.61. The highest BCUT2D eigenvalue weighted by molar-refractivity contribution is 5.11. The van der Waals surface area contributed by atoms with Gasteiger partial charge in [-0.25, -0.2) is 25.2 Å². The lowest BCUT2D eigenvalue weighted by molar-refractivity contribution is -0.542. The minimum Gasteiger partial charge on any atom is -0.358 e. The van der Waals surface area contributed by atoms with Gasteiger partial charge in [-0.3, -0.25) is 0 Å². The first-order valence-electron chi connectivity index (χ1n) is 4.37. The van der Waals surface area contributed by atoms with Crippen molar-refractivity contribution in [3.63, 3.8) is 0 Å². The van der Waals surface area contributed by atoms with Crippen LogP contribution in [0, 0.1) is 30.3 Å². The van der Waals surface area contributed by atoms with Gasteiger partial charge in [0.05, 0.1) is 12.4 Å². The van der Waals surface area contributed by atoms with E-state index in [0.29, 0.717) is 4.68 Å². The van der Waals surface area contributed by atoms with E-state index in [9.17, 15) is 30.3 Å². The third-order valence-electron chi connectivity index (χ3n) is 1.61. The summed E-state index contributed by atoms with van der Waals surface area (Å²) in [5.41, 5.74) is 0. The minimum atomic E-state index is -0.819. The summed E-state index contributed by atoms with van der Waals surface area (Å²) in [5, 5.41) is 28.3. The summed E-state index contributed by atoms with van der Waals surface area (Å²) >= 11 is 0. The Kier molecular flexibility index (Phi) is 4.18. The van der Waals surface area contributed by atoms with Crippen LogP contribution in [0.1, 0.15) is 0 Å². The molecule has 0 unspecified atom stereocenters. The average molecular weight is 271 g/mol. The molecule has 13 heteroatoms. The van der Waals surface area contributed by atoms with Crippen LogP contribution in [0.3, 0.4) is 0 Å². The van der Waals surface area contributed by atoms with Crippen LogP contribution >= 0.6 is 0 Å². The second kappa shape index (κ2) is 5.80. The van der Waals surface area contributed by atoms with Crippen LogP contribution in [0.4, 0.5) is 5.82 Å². The predicted octanol–water partition coefficient (Wildman–Crippen LogP) is -0.246. The molecule has 0 fully saturated rings. The van der Waals surface area contributed by atoms with Crippen molar-refractivity contribution in [3.05, 3.63) is 61.6 Å². The van der Waals surface area contributed by atoms with Crippen LogP contribution in [0.2, 0.25) is 0 Å². The van der Waals surface area contributed by atoms with Crippen molar-refractivity contribution < 1.29 is 15.0 Å². The van der Waals surface area contributed by atoms with Crippen LogP contribution in [-0.4, -0.2) is 34.3 Å². The maximum absolute atomic E-state index is 9.94. The zero-order valence-electron chi connectivity index (χ0n) is 8.97. The van der Waals surface area contributed by atoms with Crippen molar-refractivity contribution in [2.24, 2.45) is 0 Å². The Bertz CT molecular complexity index is 561. The Balaban J connectivity index is 0.000000200.